The molecule has 80 valence electrons. The number of hydrogen-bond donors (Lipinski definition) is 2. The van der Waals surface area contributed by atoms with Crippen LogP contribution in [0.5, 0.6) is 0 Å². The molecule has 0 aliphatic rings. The Bertz CT molecular complexity index is 223. The summed E-state index contributed by atoms with van der Waals surface area (Å²) in [6.07, 6.45) is 3.06. The molecule has 0 saturated carbocycles. The lowest BCUT2D eigenvalue weighted by atomic mass is 10.2. The Morgan fingerprint density at radius 2 is 2.43 bits per heavy atom. The molecule has 1 aromatic heterocycles. The molecule has 2 nitrogen and oxygen atoms in total. The van der Waals surface area contributed by atoms with Crippen molar-refractivity contribution >= 4 is 11.3 Å². The van der Waals surface area contributed by atoms with Crippen LogP contribution in [0.1, 0.15) is 24.6 Å². The molecule has 1 unspecified atom stereocenters. The summed E-state index contributed by atoms with van der Waals surface area (Å²) in [6, 6.07) is 4.78. The van der Waals surface area contributed by atoms with Gasteiger partial charge in [0.1, 0.15) is 0 Å². The molecular weight excluding hydrogens is 194 g/mol. The summed E-state index contributed by atoms with van der Waals surface area (Å²) in [5, 5.41) is 14.2. The lowest BCUT2D eigenvalue weighted by Crippen LogP contribution is -2.28. The zero-order valence-electron chi connectivity index (χ0n) is 8.70. The highest BCUT2D eigenvalue weighted by Gasteiger charge is 2.00. The van der Waals surface area contributed by atoms with E-state index in [4.69, 9.17) is 5.11 Å². The fourth-order valence-corrected chi connectivity index (χ4v) is 2.11. The van der Waals surface area contributed by atoms with E-state index >= 15 is 0 Å². The van der Waals surface area contributed by atoms with Gasteiger partial charge in [0.2, 0.25) is 0 Å². The Morgan fingerprint density at radius 1 is 1.57 bits per heavy atom. The first-order valence-corrected chi connectivity index (χ1v) is 6.07. The quantitative estimate of drug-likeness (QED) is 0.726. The number of thiophene rings is 1. The molecule has 3 heteroatoms. The van der Waals surface area contributed by atoms with Gasteiger partial charge in [-0.3, -0.25) is 0 Å². The highest BCUT2D eigenvalue weighted by Crippen LogP contribution is 2.08. The Balaban J connectivity index is 2.03. The SMILES string of the molecule is CC(CCCO)NCCc1cccs1. The first kappa shape index (κ1) is 11.7. The summed E-state index contributed by atoms with van der Waals surface area (Å²) in [5.74, 6) is 0. The highest BCUT2D eigenvalue weighted by molar-refractivity contribution is 7.09. The molecule has 1 atom stereocenters. The molecule has 0 radical (unpaired) electrons. The summed E-state index contributed by atoms with van der Waals surface area (Å²) in [7, 11) is 0. The minimum atomic E-state index is 0.303. The van der Waals surface area contributed by atoms with E-state index in [2.05, 4.69) is 29.8 Å². The average molecular weight is 213 g/mol. The van der Waals surface area contributed by atoms with Crippen LogP contribution >= 0.6 is 11.3 Å². The fraction of sp³-hybridized carbons (Fsp3) is 0.636. The smallest absolute Gasteiger partial charge is 0.0431 e. The first-order chi connectivity index (χ1) is 6.83. The number of rotatable bonds is 7. The van der Waals surface area contributed by atoms with Crippen molar-refractivity contribution in [1.82, 2.24) is 5.32 Å². The molecule has 2 N–H and O–H groups in total. The minimum absolute atomic E-state index is 0.303. The van der Waals surface area contributed by atoms with Crippen LogP contribution in [0.2, 0.25) is 0 Å². The summed E-state index contributed by atoms with van der Waals surface area (Å²) in [4.78, 5) is 1.44. The van der Waals surface area contributed by atoms with E-state index in [1.807, 2.05) is 11.3 Å². The van der Waals surface area contributed by atoms with Gasteiger partial charge in [0.05, 0.1) is 0 Å². The van der Waals surface area contributed by atoms with Crippen LogP contribution in [0, 0.1) is 0 Å². The average Bonchev–Trinajstić information content (AvgIpc) is 2.67. The fourth-order valence-electron chi connectivity index (χ4n) is 1.40. The van der Waals surface area contributed by atoms with E-state index in [-0.39, 0.29) is 0 Å². The highest BCUT2D eigenvalue weighted by atomic mass is 32.1. The van der Waals surface area contributed by atoms with Crippen LogP contribution in [0.25, 0.3) is 0 Å². The van der Waals surface area contributed by atoms with Crippen molar-refractivity contribution in [3.05, 3.63) is 22.4 Å². The minimum Gasteiger partial charge on any atom is -0.396 e. The molecule has 0 aliphatic carbocycles. The number of hydrogen-bond acceptors (Lipinski definition) is 3. The first-order valence-electron chi connectivity index (χ1n) is 5.19. The number of aliphatic hydroxyl groups is 1. The van der Waals surface area contributed by atoms with Gasteiger partial charge in [-0.15, -0.1) is 11.3 Å². The lowest BCUT2D eigenvalue weighted by molar-refractivity contribution is 0.276. The Labute approximate surface area is 90.0 Å². The second-order valence-electron chi connectivity index (χ2n) is 3.55. The predicted molar refractivity (Wildman–Crippen MR) is 61.8 cm³/mol. The van der Waals surface area contributed by atoms with Gasteiger partial charge in [-0.1, -0.05) is 6.07 Å². The zero-order chi connectivity index (χ0) is 10.2. The molecule has 1 heterocycles. The van der Waals surface area contributed by atoms with Crippen molar-refractivity contribution in [2.24, 2.45) is 0 Å². The third kappa shape index (κ3) is 4.74. The van der Waals surface area contributed by atoms with Gasteiger partial charge in [0.15, 0.2) is 0 Å². The van der Waals surface area contributed by atoms with E-state index in [1.165, 1.54) is 4.88 Å². The van der Waals surface area contributed by atoms with Gasteiger partial charge in [0, 0.05) is 24.1 Å². The van der Waals surface area contributed by atoms with E-state index < -0.39 is 0 Å². The van der Waals surface area contributed by atoms with Crippen molar-refractivity contribution in [3.63, 3.8) is 0 Å². The standard InChI is InChI=1S/C11H19NOS/c1-10(4-2-8-13)12-7-6-11-5-3-9-14-11/h3,5,9-10,12-13H,2,4,6-8H2,1H3. The van der Waals surface area contributed by atoms with Crippen molar-refractivity contribution in [2.45, 2.75) is 32.2 Å². The number of nitrogens with one attached hydrogen (secondary N) is 1. The normalized spacial score (nSPS) is 13.0. The maximum atomic E-state index is 8.66. The third-order valence-electron chi connectivity index (χ3n) is 2.24. The van der Waals surface area contributed by atoms with Gasteiger partial charge in [-0.2, -0.15) is 0 Å². The molecule has 1 aromatic rings. The Kier molecular flexibility index (Phi) is 5.83. The summed E-state index contributed by atoms with van der Waals surface area (Å²) >= 11 is 1.81. The molecule has 1 rings (SSSR count). The van der Waals surface area contributed by atoms with Gasteiger partial charge < -0.3 is 10.4 Å². The number of aliphatic hydroxyl groups excluding tert-OH is 1. The van der Waals surface area contributed by atoms with Crippen LogP contribution in [0.3, 0.4) is 0 Å². The van der Waals surface area contributed by atoms with Crippen LogP contribution < -0.4 is 5.32 Å². The molecule has 0 bridgehead atoms. The molecule has 14 heavy (non-hydrogen) atoms. The molecule has 0 aromatic carbocycles. The molecule has 0 spiro atoms. The summed E-state index contributed by atoms with van der Waals surface area (Å²) < 4.78 is 0. The topological polar surface area (TPSA) is 32.3 Å². The Hall–Kier alpha value is -0.380. The lowest BCUT2D eigenvalue weighted by Gasteiger charge is -2.12. The van der Waals surface area contributed by atoms with Crippen LogP contribution in [-0.4, -0.2) is 24.3 Å². The van der Waals surface area contributed by atoms with Crippen LogP contribution in [-0.2, 0) is 6.42 Å². The van der Waals surface area contributed by atoms with Crippen molar-refractivity contribution in [2.75, 3.05) is 13.2 Å². The molecule has 0 aliphatic heterocycles. The summed E-state index contributed by atoms with van der Waals surface area (Å²) in [6.45, 7) is 3.51. The second-order valence-corrected chi connectivity index (χ2v) is 4.58. The zero-order valence-corrected chi connectivity index (χ0v) is 9.52. The van der Waals surface area contributed by atoms with Crippen molar-refractivity contribution in [1.29, 1.82) is 0 Å². The maximum Gasteiger partial charge on any atom is 0.0431 e. The van der Waals surface area contributed by atoms with Gasteiger partial charge >= 0.3 is 0 Å². The van der Waals surface area contributed by atoms with Crippen molar-refractivity contribution in [3.8, 4) is 0 Å². The predicted octanol–water partition coefficient (Wildman–Crippen LogP) is 2.04. The molecule has 0 amide bonds. The van der Waals surface area contributed by atoms with E-state index in [0.717, 1.165) is 25.8 Å². The van der Waals surface area contributed by atoms with E-state index in [0.29, 0.717) is 12.6 Å². The van der Waals surface area contributed by atoms with Crippen LogP contribution in [0.4, 0.5) is 0 Å². The van der Waals surface area contributed by atoms with Crippen molar-refractivity contribution < 1.29 is 5.11 Å². The maximum absolute atomic E-state index is 8.66. The monoisotopic (exact) mass is 213 g/mol. The Morgan fingerprint density at radius 3 is 3.07 bits per heavy atom. The molecule has 0 saturated heterocycles. The van der Waals surface area contributed by atoms with E-state index in [1.54, 1.807) is 0 Å². The second kappa shape index (κ2) is 6.98. The van der Waals surface area contributed by atoms with Crippen LogP contribution in [0.15, 0.2) is 17.5 Å². The third-order valence-corrected chi connectivity index (χ3v) is 3.18. The molecular formula is C11H19NOS. The largest absolute Gasteiger partial charge is 0.396 e. The summed E-state index contributed by atoms with van der Waals surface area (Å²) in [5.41, 5.74) is 0. The van der Waals surface area contributed by atoms with Gasteiger partial charge in [-0.25, -0.2) is 0 Å². The van der Waals surface area contributed by atoms with E-state index in [9.17, 15) is 0 Å². The van der Waals surface area contributed by atoms with Gasteiger partial charge in [0.25, 0.3) is 0 Å². The molecule has 0 fully saturated rings. The van der Waals surface area contributed by atoms with Gasteiger partial charge in [-0.05, 0) is 37.6 Å².